The number of carbonyl (C=O) groups excluding carboxylic acids is 1. The zero-order valence-corrected chi connectivity index (χ0v) is 15.0. The third-order valence-corrected chi connectivity index (χ3v) is 3.69. The van der Waals surface area contributed by atoms with E-state index in [2.05, 4.69) is 10.5 Å². The summed E-state index contributed by atoms with van der Waals surface area (Å²) in [4.78, 5) is 11.8. The van der Waals surface area contributed by atoms with Gasteiger partial charge in [-0.15, -0.1) is 0 Å². The van der Waals surface area contributed by atoms with Crippen molar-refractivity contribution in [3.05, 3.63) is 95.8 Å². The van der Waals surface area contributed by atoms with Crippen LogP contribution in [-0.4, -0.2) is 18.7 Å². The molecule has 0 aromatic heterocycles. The van der Waals surface area contributed by atoms with Gasteiger partial charge in [0.2, 0.25) is 0 Å². The Labute approximate surface area is 162 Å². The van der Waals surface area contributed by atoms with Gasteiger partial charge in [0.15, 0.2) is 6.61 Å². The number of amides is 1. The number of hydrogen-bond donors (Lipinski definition) is 1. The van der Waals surface area contributed by atoms with Crippen molar-refractivity contribution in [1.29, 1.82) is 0 Å². The number of halogens is 1. The number of carbonyl (C=O) groups is 1. The molecule has 1 N–H and O–H groups in total. The molecule has 0 saturated carbocycles. The maximum Gasteiger partial charge on any atom is 0.277 e. The molecule has 28 heavy (non-hydrogen) atoms. The van der Waals surface area contributed by atoms with E-state index >= 15 is 0 Å². The van der Waals surface area contributed by atoms with E-state index in [-0.39, 0.29) is 12.4 Å². The Kier molecular flexibility index (Phi) is 6.73. The van der Waals surface area contributed by atoms with Crippen LogP contribution in [-0.2, 0) is 11.4 Å². The molecule has 0 aliphatic rings. The Hall–Kier alpha value is -3.67. The molecule has 0 fully saturated rings. The van der Waals surface area contributed by atoms with Gasteiger partial charge in [0.25, 0.3) is 5.91 Å². The Morgan fingerprint density at radius 2 is 1.71 bits per heavy atom. The van der Waals surface area contributed by atoms with Gasteiger partial charge in [-0.05, 0) is 47.5 Å². The Morgan fingerprint density at radius 3 is 2.50 bits per heavy atom. The number of rotatable bonds is 8. The van der Waals surface area contributed by atoms with Crippen LogP contribution in [0.25, 0.3) is 0 Å². The van der Waals surface area contributed by atoms with Gasteiger partial charge in [-0.2, -0.15) is 5.10 Å². The second kappa shape index (κ2) is 9.87. The molecule has 0 unspecified atom stereocenters. The summed E-state index contributed by atoms with van der Waals surface area (Å²) < 4.78 is 23.8. The lowest BCUT2D eigenvalue weighted by atomic mass is 10.2. The van der Waals surface area contributed by atoms with E-state index in [1.165, 1.54) is 30.5 Å². The minimum Gasteiger partial charge on any atom is -0.489 e. The van der Waals surface area contributed by atoms with Crippen molar-refractivity contribution in [3.63, 3.8) is 0 Å². The van der Waals surface area contributed by atoms with Crippen LogP contribution >= 0.6 is 0 Å². The fourth-order valence-corrected chi connectivity index (χ4v) is 2.32. The zero-order valence-electron chi connectivity index (χ0n) is 15.0. The molecule has 0 spiro atoms. The van der Waals surface area contributed by atoms with Gasteiger partial charge in [-0.1, -0.05) is 42.5 Å². The Balaban J connectivity index is 1.45. The third-order valence-electron chi connectivity index (χ3n) is 3.69. The standard InChI is InChI=1S/C22H19FN2O3/c23-19-9-11-20(12-10-19)28-16-22(26)25-24-14-18-7-4-8-21(13-18)27-15-17-5-2-1-3-6-17/h1-14H,15-16H2,(H,25,26)/b24-14-. The maximum atomic E-state index is 12.8. The molecule has 3 aromatic rings. The van der Waals surface area contributed by atoms with Crippen molar-refractivity contribution < 1.29 is 18.7 Å². The van der Waals surface area contributed by atoms with E-state index in [4.69, 9.17) is 9.47 Å². The molecule has 3 aromatic carbocycles. The lowest BCUT2D eigenvalue weighted by Crippen LogP contribution is -2.24. The highest BCUT2D eigenvalue weighted by Gasteiger charge is 2.02. The number of nitrogens with one attached hydrogen (secondary N) is 1. The number of ether oxygens (including phenoxy) is 2. The fraction of sp³-hybridized carbons (Fsp3) is 0.0909. The van der Waals surface area contributed by atoms with E-state index in [0.717, 1.165) is 11.1 Å². The van der Waals surface area contributed by atoms with Gasteiger partial charge in [0, 0.05) is 0 Å². The van der Waals surface area contributed by atoms with Crippen molar-refractivity contribution in [3.8, 4) is 11.5 Å². The summed E-state index contributed by atoms with van der Waals surface area (Å²) in [6, 6.07) is 22.7. The molecule has 1 amide bonds. The summed E-state index contributed by atoms with van der Waals surface area (Å²) in [7, 11) is 0. The molecule has 3 rings (SSSR count). The average Bonchev–Trinajstić information content (AvgIpc) is 2.73. The van der Waals surface area contributed by atoms with E-state index in [1.807, 2.05) is 54.6 Å². The zero-order chi connectivity index (χ0) is 19.6. The highest BCUT2D eigenvalue weighted by molar-refractivity contribution is 5.83. The van der Waals surface area contributed by atoms with E-state index in [0.29, 0.717) is 18.1 Å². The lowest BCUT2D eigenvalue weighted by molar-refractivity contribution is -0.123. The monoisotopic (exact) mass is 378 g/mol. The number of nitrogens with zero attached hydrogens (tertiary/aromatic N) is 1. The van der Waals surface area contributed by atoms with Gasteiger partial charge in [0.05, 0.1) is 6.21 Å². The molecular weight excluding hydrogens is 359 g/mol. The molecule has 0 atom stereocenters. The first-order valence-electron chi connectivity index (χ1n) is 8.66. The largest absolute Gasteiger partial charge is 0.489 e. The second-order valence-corrected chi connectivity index (χ2v) is 5.88. The van der Waals surface area contributed by atoms with Crippen molar-refractivity contribution in [2.75, 3.05) is 6.61 Å². The Morgan fingerprint density at radius 1 is 0.929 bits per heavy atom. The molecule has 5 nitrogen and oxygen atoms in total. The topological polar surface area (TPSA) is 59.9 Å². The molecule has 0 aliphatic carbocycles. The smallest absolute Gasteiger partial charge is 0.277 e. The lowest BCUT2D eigenvalue weighted by Gasteiger charge is -2.07. The minimum atomic E-state index is -0.419. The number of benzene rings is 3. The molecule has 142 valence electrons. The second-order valence-electron chi connectivity index (χ2n) is 5.88. The number of hydrazone groups is 1. The van der Waals surface area contributed by atoms with Gasteiger partial charge >= 0.3 is 0 Å². The van der Waals surface area contributed by atoms with Crippen LogP contribution in [0.1, 0.15) is 11.1 Å². The van der Waals surface area contributed by atoms with Crippen LogP contribution in [0.15, 0.2) is 84.0 Å². The summed E-state index contributed by atoms with van der Waals surface area (Å²) in [6.45, 7) is 0.252. The molecule has 6 heteroatoms. The van der Waals surface area contributed by atoms with Gasteiger partial charge in [-0.25, -0.2) is 9.82 Å². The summed E-state index contributed by atoms with van der Waals surface area (Å²) in [5.74, 6) is 0.330. The van der Waals surface area contributed by atoms with Crippen LogP contribution in [0.3, 0.4) is 0 Å². The quantitative estimate of drug-likeness (QED) is 0.477. The Bertz CT molecular complexity index is 928. The summed E-state index contributed by atoms with van der Waals surface area (Å²) in [6.07, 6.45) is 1.52. The van der Waals surface area contributed by atoms with Crippen molar-refractivity contribution >= 4 is 12.1 Å². The SMILES string of the molecule is O=C(COc1ccc(F)cc1)N/N=C\c1cccc(OCc2ccccc2)c1. The molecule has 0 bridgehead atoms. The maximum absolute atomic E-state index is 12.8. The van der Waals surface area contributed by atoms with Crippen LogP contribution < -0.4 is 14.9 Å². The normalized spacial score (nSPS) is 10.6. The van der Waals surface area contributed by atoms with Gasteiger partial charge in [-0.3, -0.25) is 4.79 Å². The van der Waals surface area contributed by atoms with Crippen molar-refractivity contribution in [2.45, 2.75) is 6.61 Å². The molecule has 0 saturated heterocycles. The van der Waals surface area contributed by atoms with Crippen LogP contribution in [0.4, 0.5) is 4.39 Å². The van der Waals surface area contributed by atoms with Crippen LogP contribution in [0.5, 0.6) is 11.5 Å². The molecule has 0 heterocycles. The van der Waals surface area contributed by atoms with Crippen molar-refractivity contribution in [1.82, 2.24) is 5.43 Å². The van der Waals surface area contributed by atoms with Crippen LogP contribution in [0, 0.1) is 5.82 Å². The van der Waals surface area contributed by atoms with E-state index in [9.17, 15) is 9.18 Å². The number of hydrogen-bond acceptors (Lipinski definition) is 4. The van der Waals surface area contributed by atoms with E-state index in [1.54, 1.807) is 0 Å². The predicted octanol–water partition coefficient (Wildman–Crippen LogP) is 3.93. The summed E-state index contributed by atoms with van der Waals surface area (Å²) in [5.41, 5.74) is 4.24. The summed E-state index contributed by atoms with van der Waals surface area (Å²) in [5, 5.41) is 3.91. The predicted molar refractivity (Wildman–Crippen MR) is 105 cm³/mol. The first-order valence-corrected chi connectivity index (χ1v) is 8.66. The fourth-order valence-electron chi connectivity index (χ4n) is 2.32. The van der Waals surface area contributed by atoms with Crippen LogP contribution in [0.2, 0.25) is 0 Å². The molecule has 0 aliphatic heterocycles. The molecule has 0 radical (unpaired) electrons. The minimum absolute atomic E-state index is 0.219. The van der Waals surface area contributed by atoms with Crippen molar-refractivity contribution in [2.24, 2.45) is 5.10 Å². The third kappa shape index (κ3) is 6.25. The highest BCUT2D eigenvalue weighted by Crippen LogP contribution is 2.14. The summed E-state index contributed by atoms with van der Waals surface area (Å²) >= 11 is 0. The van der Waals surface area contributed by atoms with E-state index < -0.39 is 5.91 Å². The first kappa shape index (κ1) is 19.1. The first-order chi connectivity index (χ1) is 13.7. The molecular formula is C22H19FN2O3. The highest BCUT2D eigenvalue weighted by atomic mass is 19.1. The van der Waals surface area contributed by atoms with Gasteiger partial charge in [0.1, 0.15) is 23.9 Å². The average molecular weight is 378 g/mol. The van der Waals surface area contributed by atoms with Gasteiger partial charge < -0.3 is 9.47 Å².